The minimum Gasteiger partial charge on any atom is -0.380 e. The van der Waals surface area contributed by atoms with Gasteiger partial charge in [0.25, 0.3) is 9.84 Å². The smallest absolute Gasteiger partial charge is 0.380 e. The van der Waals surface area contributed by atoms with Crippen LogP contribution >= 0.6 is 0 Å². The third-order valence-electron chi connectivity index (χ3n) is 3.10. The number of sulfone groups is 1. The van der Waals surface area contributed by atoms with Crippen LogP contribution in [0.3, 0.4) is 0 Å². The first-order valence-electron chi connectivity index (χ1n) is 6.49. The summed E-state index contributed by atoms with van der Waals surface area (Å²) in [5, 5.41) is 11.2. The molecule has 2 aromatic rings. The van der Waals surface area contributed by atoms with E-state index in [1.165, 1.54) is 12.1 Å². The van der Waals surface area contributed by atoms with Crippen LogP contribution in [-0.4, -0.2) is 13.9 Å². The second-order valence-electron chi connectivity index (χ2n) is 4.75. The van der Waals surface area contributed by atoms with Crippen LogP contribution in [0.1, 0.15) is 11.1 Å². The predicted octanol–water partition coefficient (Wildman–Crippen LogP) is 3.60. The van der Waals surface area contributed by atoms with Gasteiger partial charge in [-0.05, 0) is 35.9 Å². The summed E-state index contributed by atoms with van der Waals surface area (Å²) in [4.78, 5) is -1.18. The molecule has 0 unspecified atom stereocenters. The Balaban J connectivity index is 2.32. The van der Waals surface area contributed by atoms with Gasteiger partial charge in [0.2, 0.25) is 0 Å². The molecule has 0 saturated carbocycles. The molecule has 0 radical (unpaired) electrons. The number of hydrogen-bond acceptors (Lipinski definition) is 4. The van der Waals surface area contributed by atoms with E-state index in [-0.39, 0.29) is 12.2 Å². The molecule has 2 aromatic carbocycles. The van der Waals surface area contributed by atoms with Gasteiger partial charge in [-0.15, -0.1) is 0 Å². The summed E-state index contributed by atoms with van der Waals surface area (Å²) in [5.74, 6) is -1.10. The zero-order valence-corrected chi connectivity index (χ0v) is 12.7. The van der Waals surface area contributed by atoms with Gasteiger partial charge in [0.1, 0.15) is 10.7 Å². The van der Waals surface area contributed by atoms with Crippen LogP contribution in [0.25, 0.3) is 0 Å². The van der Waals surface area contributed by atoms with Crippen LogP contribution in [0.4, 0.5) is 23.2 Å². The standard InChI is InChI=1S/C15H10F4N2O2S/c16-12-5-6-13(14(7-12)24(22,23)15(17,18)19)21-9-11-3-1-10(8-20)2-4-11/h1-7,21H,9H2. The molecule has 4 nitrogen and oxygen atoms in total. The maximum atomic E-state index is 13.2. The van der Waals surface area contributed by atoms with Gasteiger partial charge in [0.05, 0.1) is 17.3 Å². The second kappa shape index (κ2) is 6.49. The number of rotatable bonds is 4. The molecule has 0 aliphatic carbocycles. The van der Waals surface area contributed by atoms with Crippen LogP contribution in [0, 0.1) is 17.1 Å². The van der Waals surface area contributed by atoms with E-state index in [1.54, 1.807) is 12.1 Å². The van der Waals surface area contributed by atoms with Gasteiger partial charge in [0.15, 0.2) is 0 Å². The van der Waals surface area contributed by atoms with E-state index in [9.17, 15) is 26.0 Å². The minimum absolute atomic E-state index is 0.00226. The molecule has 0 amide bonds. The van der Waals surface area contributed by atoms with Crippen molar-refractivity contribution in [2.45, 2.75) is 16.9 Å². The molecule has 0 fully saturated rings. The number of benzene rings is 2. The van der Waals surface area contributed by atoms with E-state index in [2.05, 4.69) is 5.32 Å². The molecule has 0 bridgehead atoms. The zero-order chi connectivity index (χ0) is 18.0. The average molecular weight is 358 g/mol. The first kappa shape index (κ1) is 17.7. The molecule has 0 aromatic heterocycles. The number of alkyl halides is 3. The molecule has 0 spiro atoms. The number of nitrogens with zero attached hydrogens (tertiary/aromatic N) is 1. The maximum absolute atomic E-state index is 13.2. The Kier molecular flexibility index (Phi) is 4.80. The quantitative estimate of drug-likeness (QED) is 0.848. The Morgan fingerprint density at radius 1 is 1.08 bits per heavy atom. The first-order valence-corrected chi connectivity index (χ1v) is 7.97. The average Bonchev–Trinajstić information content (AvgIpc) is 2.53. The fourth-order valence-electron chi connectivity index (χ4n) is 1.88. The van der Waals surface area contributed by atoms with Crippen molar-refractivity contribution in [3.8, 4) is 6.07 Å². The van der Waals surface area contributed by atoms with Crippen molar-refractivity contribution in [3.63, 3.8) is 0 Å². The molecular weight excluding hydrogens is 348 g/mol. The normalized spacial score (nSPS) is 11.8. The molecule has 0 atom stereocenters. The molecule has 0 saturated heterocycles. The van der Waals surface area contributed by atoms with Crippen molar-refractivity contribution in [2.24, 2.45) is 0 Å². The van der Waals surface area contributed by atoms with Crippen molar-refractivity contribution in [3.05, 3.63) is 59.4 Å². The van der Waals surface area contributed by atoms with Gasteiger partial charge >= 0.3 is 5.51 Å². The molecule has 1 N–H and O–H groups in total. The van der Waals surface area contributed by atoms with Gasteiger partial charge in [-0.2, -0.15) is 18.4 Å². The van der Waals surface area contributed by atoms with E-state index in [0.29, 0.717) is 17.2 Å². The molecule has 126 valence electrons. The highest BCUT2D eigenvalue weighted by Crippen LogP contribution is 2.34. The third-order valence-corrected chi connectivity index (χ3v) is 4.63. The lowest BCUT2D eigenvalue weighted by Crippen LogP contribution is -2.24. The number of hydrogen-bond donors (Lipinski definition) is 1. The Hall–Kier alpha value is -2.60. The number of nitriles is 1. The lowest BCUT2D eigenvalue weighted by Gasteiger charge is -2.14. The first-order chi connectivity index (χ1) is 11.1. The topological polar surface area (TPSA) is 70.0 Å². The van der Waals surface area contributed by atoms with E-state index < -0.39 is 26.1 Å². The van der Waals surface area contributed by atoms with Crippen LogP contribution in [0.5, 0.6) is 0 Å². The third kappa shape index (κ3) is 3.65. The van der Waals surface area contributed by atoms with Crippen LogP contribution in [-0.2, 0) is 16.4 Å². The summed E-state index contributed by atoms with van der Waals surface area (Å²) in [6.45, 7) is -0.00226. The molecular formula is C15H10F4N2O2S. The Morgan fingerprint density at radius 2 is 1.71 bits per heavy atom. The zero-order valence-electron chi connectivity index (χ0n) is 11.9. The molecule has 0 heterocycles. The van der Waals surface area contributed by atoms with E-state index in [0.717, 1.165) is 12.1 Å². The van der Waals surface area contributed by atoms with Gasteiger partial charge < -0.3 is 5.32 Å². The van der Waals surface area contributed by atoms with Crippen molar-refractivity contribution >= 4 is 15.5 Å². The highest BCUT2D eigenvalue weighted by molar-refractivity contribution is 7.92. The monoisotopic (exact) mass is 358 g/mol. The second-order valence-corrected chi connectivity index (χ2v) is 6.66. The Bertz CT molecular complexity index is 885. The summed E-state index contributed by atoms with van der Waals surface area (Å²) < 4.78 is 74.5. The molecule has 0 aliphatic rings. The highest BCUT2D eigenvalue weighted by Gasteiger charge is 2.48. The summed E-state index contributed by atoms with van der Waals surface area (Å²) in [6, 6.07) is 10.2. The van der Waals surface area contributed by atoms with E-state index in [4.69, 9.17) is 5.26 Å². The van der Waals surface area contributed by atoms with Gasteiger partial charge in [0, 0.05) is 6.54 Å². The Labute approximate surface area is 135 Å². The number of anilines is 1. The molecule has 9 heteroatoms. The van der Waals surface area contributed by atoms with Gasteiger partial charge in [-0.25, -0.2) is 12.8 Å². The van der Waals surface area contributed by atoms with Gasteiger partial charge in [-0.1, -0.05) is 12.1 Å². The molecule has 2 rings (SSSR count). The molecule has 0 aliphatic heterocycles. The summed E-state index contributed by atoms with van der Waals surface area (Å²) in [5.41, 5.74) is -4.89. The summed E-state index contributed by atoms with van der Waals surface area (Å²) in [6.07, 6.45) is 0. The predicted molar refractivity (Wildman–Crippen MR) is 78.1 cm³/mol. The van der Waals surface area contributed by atoms with Crippen molar-refractivity contribution in [2.75, 3.05) is 5.32 Å². The fourth-order valence-corrected chi connectivity index (χ4v) is 2.83. The van der Waals surface area contributed by atoms with Crippen LogP contribution in [0.15, 0.2) is 47.4 Å². The minimum atomic E-state index is -5.69. The van der Waals surface area contributed by atoms with E-state index >= 15 is 0 Å². The number of nitrogens with one attached hydrogen (secondary N) is 1. The largest absolute Gasteiger partial charge is 0.501 e. The van der Waals surface area contributed by atoms with Crippen molar-refractivity contribution in [1.82, 2.24) is 0 Å². The van der Waals surface area contributed by atoms with Gasteiger partial charge in [-0.3, -0.25) is 0 Å². The lowest BCUT2D eigenvalue weighted by atomic mass is 10.1. The highest BCUT2D eigenvalue weighted by atomic mass is 32.2. The fraction of sp³-hybridized carbons (Fsp3) is 0.133. The van der Waals surface area contributed by atoms with Crippen LogP contribution in [0.2, 0.25) is 0 Å². The van der Waals surface area contributed by atoms with Crippen molar-refractivity contribution < 1.29 is 26.0 Å². The molecule has 24 heavy (non-hydrogen) atoms. The number of halogens is 4. The summed E-state index contributed by atoms with van der Waals surface area (Å²) >= 11 is 0. The SMILES string of the molecule is N#Cc1ccc(CNc2ccc(F)cc2S(=O)(=O)C(F)(F)F)cc1. The Morgan fingerprint density at radius 3 is 2.25 bits per heavy atom. The lowest BCUT2D eigenvalue weighted by molar-refractivity contribution is -0.0435. The van der Waals surface area contributed by atoms with Crippen molar-refractivity contribution in [1.29, 1.82) is 5.26 Å². The van der Waals surface area contributed by atoms with E-state index in [1.807, 2.05) is 6.07 Å². The van der Waals surface area contributed by atoms with Crippen LogP contribution < -0.4 is 5.32 Å². The summed E-state index contributed by atoms with van der Waals surface area (Å²) in [7, 11) is -5.69. The maximum Gasteiger partial charge on any atom is 0.501 e.